The Bertz CT molecular complexity index is 1050. The van der Waals surface area contributed by atoms with Gasteiger partial charge in [-0.1, -0.05) is 20.8 Å². The quantitative estimate of drug-likeness (QED) is 0.670. The van der Waals surface area contributed by atoms with Gasteiger partial charge in [-0.15, -0.1) is 0 Å². The maximum Gasteiger partial charge on any atom is 0.266 e. The van der Waals surface area contributed by atoms with Gasteiger partial charge in [0, 0.05) is 62.0 Å². The highest BCUT2D eigenvalue weighted by molar-refractivity contribution is 5.50. The molecule has 29 heavy (non-hydrogen) atoms. The molecule has 0 N–H and O–H groups in total. The van der Waals surface area contributed by atoms with Crippen molar-refractivity contribution in [3.8, 4) is 0 Å². The molecule has 0 aliphatic carbocycles. The highest BCUT2D eigenvalue weighted by atomic mass is 16.1. The SMILES string of the molecule is Cc1cc(N2CCN(CCn3nc(C(C)(C)C)ccc3=O)CC2)n2nccc2n1. The van der Waals surface area contributed by atoms with Gasteiger partial charge < -0.3 is 4.90 Å². The maximum absolute atomic E-state index is 12.2. The molecule has 0 unspecified atom stereocenters. The number of hydrogen-bond acceptors (Lipinski definition) is 6. The van der Waals surface area contributed by atoms with Gasteiger partial charge in [0.15, 0.2) is 5.65 Å². The fourth-order valence-electron chi connectivity index (χ4n) is 3.69. The largest absolute Gasteiger partial charge is 0.354 e. The minimum Gasteiger partial charge on any atom is -0.354 e. The van der Waals surface area contributed by atoms with Crippen molar-refractivity contribution in [1.82, 2.24) is 29.3 Å². The summed E-state index contributed by atoms with van der Waals surface area (Å²) in [5, 5.41) is 9.00. The third-order valence-corrected chi connectivity index (χ3v) is 5.43. The summed E-state index contributed by atoms with van der Waals surface area (Å²) in [7, 11) is 0. The van der Waals surface area contributed by atoms with Crippen LogP contribution in [0.2, 0.25) is 0 Å². The third-order valence-electron chi connectivity index (χ3n) is 5.43. The number of aryl methyl sites for hydroxylation is 1. The molecule has 0 saturated carbocycles. The van der Waals surface area contributed by atoms with Crippen molar-refractivity contribution in [3.05, 3.63) is 52.2 Å². The molecular weight excluding hydrogens is 366 g/mol. The first-order valence-electron chi connectivity index (χ1n) is 10.2. The lowest BCUT2D eigenvalue weighted by molar-refractivity contribution is 0.241. The number of anilines is 1. The van der Waals surface area contributed by atoms with Crippen LogP contribution in [0.15, 0.2) is 35.3 Å². The van der Waals surface area contributed by atoms with E-state index in [0.717, 1.165) is 55.6 Å². The van der Waals surface area contributed by atoms with Gasteiger partial charge in [-0.05, 0) is 13.0 Å². The Morgan fingerprint density at radius 1 is 1.03 bits per heavy atom. The van der Waals surface area contributed by atoms with Crippen molar-refractivity contribution in [2.45, 2.75) is 39.7 Å². The molecule has 4 rings (SSSR count). The Morgan fingerprint density at radius 3 is 2.52 bits per heavy atom. The first kappa shape index (κ1) is 19.6. The van der Waals surface area contributed by atoms with Gasteiger partial charge in [0.2, 0.25) is 0 Å². The van der Waals surface area contributed by atoms with Gasteiger partial charge in [0.1, 0.15) is 5.82 Å². The molecule has 0 spiro atoms. The van der Waals surface area contributed by atoms with E-state index in [9.17, 15) is 4.79 Å². The minimum atomic E-state index is -0.0679. The average molecular weight is 396 g/mol. The third kappa shape index (κ3) is 4.17. The second-order valence-electron chi connectivity index (χ2n) is 8.72. The van der Waals surface area contributed by atoms with E-state index in [4.69, 9.17) is 0 Å². The van der Waals surface area contributed by atoms with Gasteiger partial charge >= 0.3 is 0 Å². The standard InChI is InChI=1S/C21H29N7O/c1-16-15-19(28-18(23-16)7-8-22-28)26-12-9-25(10-13-26)11-14-27-20(29)6-5-17(24-27)21(2,3)4/h5-8,15H,9-14H2,1-4H3. The van der Waals surface area contributed by atoms with Crippen molar-refractivity contribution < 1.29 is 0 Å². The van der Waals surface area contributed by atoms with Crippen LogP contribution in [-0.4, -0.2) is 62.0 Å². The smallest absolute Gasteiger partial charge is 0.266 e. The van der Waals surface area contributed by atoms with E-state index in [2.05, 4.69) is 51.8 Å². The monoisotopic (exact) mass is 395 g/mol. The Kier molecular flexibility index (Phi) is 5.12. The van der Waals surface area contributed by atoms with E-state index in [1.807, 2.05) is 23.6 Å². The molecule has 1 aliphatic heterocycles. The normalized spacial score (nSPS) is 15.9. The lowest BCUT2D eigenvalue weighted by atomic mass is 9.92. The molecule has 3 aromatic heterocycles. The molecule has 8 nitrogen and oxygen atoms in total. The van der Waals surface area contributed by atoms with Gasteiger partial charge in [-0.25, -0.2) is 9.67 Å². The van der Waals surface area contributed by atoms with Crippen LogP contribution in [0, 0.1) is 6.92 Å². The molecule has 0 atom stereocenters. The fourth-order valence-corrected chi connectivity index (χ4v) is 3.69. The summed E-state index contributed by atoms with van der Waals surface area (Å²) >= 11 is 0. The molecule has 154 valence electrons. The Hall–Kier alpha value is -2.74. The van der Waals surface area contributed by atoms with Gasteiger partial charge in [0.25, 0.3) is 5.56 Å². The number of nitrogens with zero attached hydrogens (tertiary/aromatic N) is 7. The van der Waals surface area contributed by atoms with E-state index in [1.165, 1.54) is 0 Å². The van der Waals surface area contributed by atoms with Crippen molar-refractivity contribution in [1.29, 1.82) is 0 Å². The summed E-state index contributed by atoms with van der Waals surface area (Å²) in [4.78, 5) is 21.5. The molecule has 0 bridgehead atoms. The molecule has 1 aliphatic rings. The molecule has 8 heteroatoms. The number of aromatic nitrogens is 5. The Balaban J connectivity index is 1.40. The summed E-state index contributed by atoms with van der Waals surface area (Å²) in [6, 6.07) is 7.50. The van der Waals surface area contributed by atoms with Gasteiger partial charge in [-0.3, -0.25) is 9.69 Å². The summed E-state index contributed by atoms with van der Waals surface area (Å²) in [6.45, 7) is 13.5. The van der Waals surface area contributed by atoms with Gasteiger partial charge in [0.05, 0.1) is 18.4 Å². The zero-order valence-corrected chi connectivity index (χ0v) is 17.7. The van der Waals surface area contributed by atoms with Crippen LogP contribution in [0.1, 0.15) is 32.2 Å². The summed E-state index contributed by atoms with van der Waals surface area (Å²) in [6.07, 6.45) is 1.79. The molecule has 0 amide bonds. The Morgan fingerprint density at radius 2 is 1.79 bits per heavy atom. The first-order valence-corrected chi connectivity index (χ1v) is 10.2. The highest BCUT2D eigenvalue weighted by Gasteiger charge is 2.21. The zero-order chi connectivity index (χ0) is 20.6. The molecule has 1 saturated heterocycles. The van der Waals surface area contributed by atoms with Crippen molar-refractivity contribution in [3.63, 3.8) is 0 Å². The van der Waals surface area contributed by atoms with Crippen LogP contribution < -0.4 is 10.5 Å². The first-order chi connectivity index (χ1) is 13.8. The summed E-state index contributed by atoms with van der Waals surface area (Å²) in [5.74, 6) is 1.09. The second-order valence-corrected chi connectivity index (χ2v) is 8.72. The van der Waals surface area contributed by atoms with Crippen LogP contribution in [0.3, 0.4) is 0 Å². The van der Waals surface area contributed by atoms with Gasteiger partial charge in [-0.2, -0.15) is 14.7 Å². The topological polar surface area (TPSA) is 71.6 Å². The second kappa shape index (κ2) is 7.59. The molecular formula is C21H29N7O. The minimum absolute atomic E-state index is 0.0371. The van der Waals surface area contributed by atoms with E-state index in [0.29, 0.717) is 6.54 Å². The van der Waals surface area contributed by atoms with Crippen LogP contribution in [-0.2, 0) is 12.0 Å². The maximum atomic E-state index is 12.2. The van der Waals surface area contributed by atoms with Crippen LogP contribution >= 0.6 is 0 Å². The predicted octanol–water partition coefficient (Wildman–Crippen LogP) is 1.71. The molecule has 0 radical (unpaired) electrons. The highest BCUT2D eigenvalue weighted by Crippen LogP contribution is 2.19. The van der Waals surface area contributed by atoms with Crippen LogP contribution in [0.25, 0.3) is 5.65 Å². The molecule has 1 fully saturated rings. The molecule has 3 aromatic rings. The fraction of sp³-hybridized carbons (Fsp3) is 0.524. The number of rotatable bonds is 4. The van der Waals surface area contributed by atoms with Crippen molar-refractivity contribution in [2.75, 3.05) is 37.6 Å². The van der Waals surface area contributed by atoms with Crippen LogP contribution in [0.4, 0.5) is 5.82 Å². The predicted molar refractivity (Wildman–Crippen MR) is 114 cm³/mol. The average Bonchev–Trinajstić information content (AvgIpc) is 3.14. The van der Waals surface area contributed by atoms with Crippen molar-refractivity contribution >= 4 is 11.5 Å². The number of fused-ring (bicyclic) bond motifs is 1. The molecule has 4 heterocycles. The van der Waals surface area contributed by atoms with E-state index < -0.39 is 0 Å². The number of piperazine rings is 1. The summed E-state index contributed by atoms with van der Waals surface area (Å²) in [5.41, 5.74) is 2.72. The van der Waals surface area contributed by atoms with E-state index >= 15 is 0 Å². The zero-order valence-electron chi connectivity index (χ0n) is 17.7. The lowest BCUT2D eigenvalue weighted by Gasteiger charge is -2.36. The van der Waals surface area contributed by atoms with E-state index in [-0.39, 0.29) is 11.0 Å². The van der Waals surface area contributed by atoms with E-state index in [1.54, 1.807) is 16.9 Å². The van der Waals surface area contributed by atoms with Crippen LogP contribution in [0.5, 0.6) is 0 Å². The van der Waals surface area contributed by atoms with Crippen molar-refractivity contribution in [2.24, 2.45) is 0 Å². The Labute approximate surface area is 170 Å². The number of hydrogen-bond donors (Lipinski definition) is 0. The lowest BCUT2D eigenvalue weighted by Crippen LogP contribution is -2.48. The molecule has 0 aromatic carbocycles. The summed E-state index contributed by atoms with van der Waals surface area (Å²) < 4.78 is 3.51.